The van der Waals surface area contributed by atoms with Gasteiger partial charge in [0.2, 0.25) is 0 Å². The van der Waals surface area contributed by atoms with Gasteiger partial charge in [-0.05, 0) is 36.6 Å². The van der Waals surface area contributed by atoms with Crippen molar-refractivity contribution < 1.29 is 4.39 Å². The van der Waals surface area contributed by atoms with Crippen molar-refractivity contribution in [1.82, 2.24) is 0 Å². The lowest BCUT2D eigenvalue weighted by Crippen LogP contribution is -2.33. The number of rotatable bonds is 3. The second-order valence-corrected chi connectivity index (χ2v) is 5.12. The van der Waals surface area contributed by atoms with E-state index in [1.54, 1.807) is 6.07 Å². The van der Waals surface area contributed by atoms with E-state index in [0.717, 1.165) is 11.3 Å². The summed E-state index contributed by atoms with van der Waals surface area (Å²) in [6.45, 7) is 0. The van der Waals surface area contributed by atoms with E-state index in [4.69, 9.17) is 11.6 Å². The van der Waals surface area contributed by atoms with Crippen molar-refractivity contribution in [1.29, 1.82) is 0 Å². The highest BCUT2D eigenvalue weighted by molar-refractivity contribution is 6.17. The van der Waals surface area contributed by atoms with Crippen molar-refractivity contribution >= 4 is 17.3 Å². The summed E-state index contributed by atoms with van der Waals surface area (Å²) >= 11 is 5.78. The van der Waals surface area contributed by atoms with Crippen LogP contribution in [0.4, 0.5) is 10.1 Å². The number of nitrogens with zero attached hydrogens (tertiary/aromatic N) is 1. The van der Waals surface area contributed by atoms with Crippen LogP contribution in [0.3, 0.4) is 0 Å². The summed E-state index contributed by atoms with van der Waals surface area (Å²) in [7, 11) is 2.06. The normalized spacial score (nSPS) is 17.1. The maximum Gasteiger partial charge on any atom is 0.125 e. The van der Waals surface area contributed by atoms with Gasteiger partial charge >= 0.3 is 0 Å². The number of anilines is 1. The first-order valence-corrected chi connectivity index (χ1v) is 6.82. The Morgan fingerprint density at radius 2 is 1.94 bits per heavy atom. The van der Waals surface area contributed by atoms with Crippen LogP contribution in [-0.4, -0.2) is 13.1 Å². The minimum absolute atomic E-state index is 0.194. The van der Waals surface area contributed by atoms with Crippen LogP contribution >= 0.6 is 11.6 Å². The Morgan fingerprint density at radius 1 is 1.24 bits per heavy atom. The first-order valence-electron chi connectivity index (χ1n) is 6.29. The molecule has 1 aromatic carbocycles. The summed E-state index contributed by atoms with van der Waals surface area (Å²) in [5.41, 5.74) is 1.80. The number of alkyl halides is 1. The van der Waals surface area contributed by atoms with Gasteiger partial charge in [-0.2, -0.15) is 0 Å². The maximum atomic E-state index is 13.5. The predicted octanol–water partition coefficient (Wildman–Crippen LogP) is 4.33. The summed E-state index contributed by atoms with van der Waals surface area (Å²) in [4.78, 5) is 2.21. The Bertz CT molecular complexity index is 374. The first kappa shape index (κ1) is 12.7. The summed E-state index contributed by atoms with van der Waals surface area (Å²) in [5, 5.41) is 0. The fraction of sp³-hybridized carbons (Fsp3) is 0.571. The Kier molecular flexibility index (Phi) is 4.27. The van der Waals surface area contributed by atoms with Gasteiger partial charge in [-0.1, -0.05) is 19.3 Å². The zero-order valence-electron chi connectivity index (χ0n) is 10.3. The Labute approximate surface area is 108 Å². The zero-order valence-corrected chi connectivity index (χ0v) is 11.0. The highest BCUT2D eigenvalue weighted by Gasteiger charge is 2.18. The molecule has 1 aliphatic rings. The fourth-order valence-electron chi connectivity index (χ4n) is 2.59. The molecule has 0 aliphatic heterocycles. The van der Waals surface area contributed by atoms with Crippen LogP contribution in [0.25, 0.3) is 0 Å². The summed E-state index contributed by atoms with van der Waals surface area (Å²) < 4.78 is 13.5. The van der Waals surface area contributed by atoms with Gasteiger partial charge in [-0.3, -0.25) is 0 Å². The van der Waals surface area contributed by atoms with Crippen molar-refractivity contribution in [2.45, 2.75) is 44.0 Å². The first-order chi connectivity index (χ1) is 8.20. The molecule has 1 nitrogen and oxygen atoms in total. The number of hydrogen-bond acceptors (Lipinski definition) is 1. The van der Waals surface area contributed by atoms with Crippen LogP contribution in [0.15, 0.2) is 18.2 Å². The highest BCUT2D eigenvalue weighted by atomic mass is 35.5. The Hall–Kier alpha value is -0.760. The van der Waals surface area contributed by atoms with Gasteiger partial charge in [0, 0.05) is 24.7 Å². The molecule has 0 saturated heterocycles. The maximum absolute atomic E-state index is 13.5. The molecule has 0 atom stereocenters. The van der Waals surface area contributed by atoms with Crippen LogP contribution < -0.4 is 4.90 Å². The van der Waals surface area contributed by atoms with Crippen molar-refractivity contribution in [2.75, 3.05) is 11.9 Å². The van der Waals surface area contributed by atoms with Crippen molar-refractivity contribution in [3.63, 3.8) is 0 Å². The molecule has 2 rings (SSSR count). The molecule has 1 aliphatic carbocycles. The van der Waals surface area contributed by atoms with E-state index >= 15 is 0 Å². The molecule has 0 aromatic heterocycles. The topological polar surface area (TPSA) is 3.24 Å². The van der Waals surface area contributed by atoms with Crippen LogP contribution in [-0.2, 0) is 5.88 Å². The van der Waals surface area contributed by atoms with Gasteiger partial charge in [0.15, 0.2) is 0 Å². The number of halogens is 2. The molecule has 1 aromatic rings. The van der Waals surface area contributed by atoms with Crippen LogP contribution in [0.5, 0.6) is 0 Å². The molecular formula is C14H19ClFN. The fourth-order valence-corrected chi connectivity index (χ4v) is 2.75. The zero-order chi connectivity index (χ0) is 12.3. The van der Waals surface area contributed by atoms with E-state index in [-0.39, 0.29) is 5.82 Å². The molecule has 94 valence electrons. The highest BCUT2D eigenvalue weighted by Crippen LogP contribution is 2.27. The van der Waals surface area contributed by atoms with E-state index in [1.807, 2.05) is 6.07 Å². The van der Waals surface area contributed by atoms with Crippen LogP contribution in [0.2, 0.25) is 0 Å². The van der Waals surface area contributed by atoms with Gasteiger partial charge in [-0.15, -0.1) is 11.6 Å². The molecule has 0 bridgehead atoms. The molecule has 0 heterocycles. The van der Waals surface area contributed by atoms with E-state index in [1.165, 1.54) is 38.2 Å². The molecule has 0 N–H and O–H groups in total. The molecule has 0 unspecified atom stereocenters. The van der Waals surface area contributed by atoms with Crippen LogP contribution in [0, 0.1) is 5.82 Å². The van der Waals surface area contributed by atoms with Crippen LogP contribution in [0.1, 0.15) is 37.7 Å². The molecule has 17 heavy (non-hydrogen) atoms. The lowest BCUT2D eigenvalue weighted by Gasteiger charge is -2.33. The van der Waals surface area contributed by atoms with Crippen molar-refractivity contribution in [2.24, 2.45) is 0 Å². The second-order valence-electron chi connectivity index (χ2n) is 4.85. The van der Waals surface area contributed by atoms with E-state index in [9.17, 15) is 4.39 Å². The predicted molar refractivity (Wildman–Crippen MR) is 71.2 cm³/mol. The van der Waals surface area contributed by atoms with E-state index in [0.29, 0.717) is 11.9 Å². The van der Waals surface area contributed by atoms with E-state index in [2.05, 4.69) is 11.9 Å². The minimum Gasteiger partial charge on any atom is -0.372 e. The average Bonchev–Trinajstić information content (AvgIpc) is 2.38. The van der Waals surface area contributed by atoms with Crippen molar-refractivity contribution in [3.05, 3.63) is 29.6 Å². The molecule has 0 spiro atoms. The third-order valence-electron chi connectivity index (χ3n) is 3.63. The SMILES string of the molecule is CN(c1cc(F)cc(CCl)c1)C1CCCCC1. The molecule has 0 amide bonds. The molecule has 1 saturated carbocycles. The largest absolute Gasteiger partial charge is 0.372 e. The van der Waals surface area contributed by atoms with E-state index < -0.39 is 0 Å². The molecule has 0 radical (unpaired) electrons. The number of hydrogen-bond donors (Lipinski definition) is 0. The Balaban J connectivity index is 2.17. The Morgan fingerprint density at radius 3 is 2.59 bits per heavy atom. The van der Waals surface area contributed by atoms with Gasteiger partial charge < -0.3 is 4.90 Å². The lowest BCUT2D eigenvalue weighted by molar-refractivity contribution is 0.427. The quantitative estimate of drug-likeness (QED) is 0.727. The summed E-state index contributed by atoms with van der Waals surface area (Å²) in [5.74, 6) is 0.171. The van der Waals surface area contributed by atoms with Gasteiger partial charge in [0.05, 0.1) is 0 Å². The second kappa shape index (κ2) is 5.72. The minimum atomic E-state index is -0.194. The standard InChI is InChI=1S/C14H19ClFN/c1-17(13-5-3-2-4-6-13)14-8-11(10-15)7-12(16)9-14/h7-9,13H,2-6,10H2,1H3. The smallest absolute Gasteiger partial charge is 0.125 e. The lowest BCUT2D eigenvalue weighted by atomic mass is 9.94. The van der Waals surface area contributed by atoms with Gasteiger partial charge in [-0.25, -0.2) is 4.39 Å². The van der Waals surface area contributed by atoms with Gasteiger partial charge in [0.1, 0.15) is 5.82 Å². The summed E-state index contributed by atoms with van der Waals surface area (Å²) in [6.07, 6.45) is 6.33. The van der Waals surface area contributed by atoms with Crippen molar-refractivity contribution in [3.8, 4) is 0 Å². The molecule has 1 fully saturated rings. The molecule has 3 heteroatoms. The third kappa shape index (κ3) is 3.12. The summed E-state index contributed by atoms with van der Waals surface area (Å²) in [6, 6.07) is 5.65. The van der Waals surface area contributed by atoms with Gasteiger partial charge in [0.25, 0.3) is 0 Å². The monoisotopic (exact) mass is 255 g/mol. The number of benzene rings is 1. The third-order valence-corrected chi connectivity index (χ3v) is 3.93. The average molecular weight is 256 g/mol. The molecular weight excluding hydrogens is 237 g/mol.